The third-order valence-corrected chi connectivity index (χ3v) is 8.54. The van der Waals surface area contributed by atoms with Crippen molar-refractivity contribution < 1.29 is 18.0 Å². The Bertz CT molecular complexity index is 1180. The molecule has 2 aromatic carbocycles. The fourth-order valence-corrected chi connectivity index (χ4v) is 6.29. The highest BCUT2D eigenvalue weighted by Gasteiger charge is 2.39. The lowest BCUT2D eigenvalue weighted by Gasteiger charge is -2.41. The molecule has 0 radical (unpaired) electrons. The van der Waals surface area contributed by atoms with Gasteiger partial charge in [0.1, 0.15) is 0 Å². The van der Waals surface area contributed by atoms with Gasteiger partial charge in [-0.1, -0.05) is 18.2 Å². The van der Waals surface area contributed by atoms with Crippen molar-refractivity contribution in [1.82, 2.24) is 0 Å². The van der Waals surface area contributed by atoms with E-state index in [0.717, 1.165) is 48.2 Å². The third kappa shape index (κ3) is 3.94. The third-order valence-electron chi connectivity index (χ3n) is 6.64. The van der Waals surface area contributed by atoms with E-state index in [2.05, 4.69) is 0 Å². The van der Waals surface area contributed by atoms with Gasteiger partial charge < -0.3 is 9.80 Å². The maximum absolute atomic E-state index is 13.0. The molecule has 1 atom stereocenters. The molecule has 0 spiro atoms. The van der Waals surface area contributed by atoms with Crippen LogP contribution in [0.3, 0.4) is 0 Å². The fraction of sp³-hybridized carbons (Fsp3) is 0.440. The van der Waals surface area contributed by atoms with E-state index in [1.165, 1.54) is 0 Å². The van der Waals surface area contributed by atoms with Gasteiger partial charge in [0, 0.05) is 19.4 Å². The maximum atomic E-state index is 13.0. The minimum atomic E-state index is -3.25. The standard InChI is InChI=1S/C25H28N2O4S/c1-16-14-26(25(29)20-5-6-20)24-13-21(9-12-23(24)27(16)17(2)28)19-7-10-22(11-8-19)32(30,31)15-18-3-4-18/h7-13,16,18,20H,3-6,14-15H2,1-2H3/t16-/m0/s1. The van der Waals surface area contributed by atoms with Crippen LogP contribution >= 0.6 is 0 Å². The maximum Gasteiger partial charge on any atom is 0.230 e. The molecule has 2 fully saturated rings. The Labute approximate surface area is 189 Å². The molecule has 5 rings (SSSR count). The highest BCUT2D eigenvalue weighted by Crippen LogP contribution is 2.42. The minimum Gasteiger partial charge on any atom is -0.308 e. The number of benzene rings is 2. The predicted molar refractivity (Wildman–Crippen MR) is 124 cm³/mol. The molecule has 32 heavy (non-hydrogen) atoms. The molecule has 2 aliphatic carbocycles. The lowest BCUT2D eigenvalue weighted by molar-refractivity contribution is -0.120. The number of carbonyl (C=O) groups is 2. The van der Waals surface area contributed by atoms with Gasteiger partial charge in [-0.2, -0.15) is 0 Å². The Morgan fingerprint density at radius 3 is 2.19 bits per heavy atom. The van der Waals surface area contributed by atoms with Crippen molar-refractivity contribution in [2.75, 3.05) is 22.1 Å². The van der Waals surface area contributed by atoms with E-state index in [0.29, 0.717) is 17.4 Å². The average Bonchev–Trinajstić information content (AvgIpc) is 3.67. The van der Waals surface area contributed by atoms with Gasteiger partial charge in [-0.05, 0) is 73.9 Å². The average molecular weight is 453 g/mol. The first-order valence-electron chi connectivity index (χ1n) is 11.3. The Morgan fingerprint density at radius 2 is 1.59 bits per heavy atom. The number of nitrogens with zero attached hydrogens (tertiary/aromatic N) is 2. The molecule has 0 unspecified atom stereocenters. The van der Waals surface area contributed by atoms with Crippen LogP contribution in [0.2, 0.25) is 0 Å². The van der Waals surface area contributed by atoms with Gasteiger partial charge >= 0.3 is 0 Å². The summed E-state index contributed by atoms with van der Waals surface area (Å²) in [6.45, 7) is 3.99. The summed E-state index contributed by atoms with van der Waals surface area (Å²) in [6, 6.07) is 12.7. The highest BCUT2D eigenvalue weighted by atomic mass is 32.2. The van der Waals surface area contributed by atoms with Crippen LogP contribution in [-0.2, 0) is 19.4 Å². The van der Waals surface area contributed by atoms with Crippen molar-refractivity contribution in [3.05, 3.63) is 42.5 Å². The highest BCUT2D eigenvalue weighted by molar-refractivity contribution is 7.91. The molecule has 2 saturated carbocycles. The molecule has 0 aromatic heterocycles. The number of anilines is 2. The summed E-state index contributed by atoms with van der Waals surface area (Å²) in [5, 5.41) is 0. The summed E-state index contributed by atoms with van der Waals surface area (Å²) in [7, 11) is -3.25. The normalized spacial score (nSPS) is 20.8. The molecular formula is C25H28N2O4S. The Kier molecular flexibility index (Phi) is 5.12. The summed E-state index contributed by atoms with van der Waals surface area (Å²) >= 11 is 0. The summed E-state index contributed by atoms with van der Waals surface area (Å²) in [5.41, 5.74) is 3.27. The molecule has 7 heteroatoms. The Hall–Kier alpha value is -2.67. The summed E-state index contributed by atoms with van der Waals surface area (Å²) in [4.78, 5) is 29.3. The molecule has 2 aromatic rings. The number of rotatable bonds is 5. The number of hydrogen-bond donors (Lipinski definition) is 0. The van der Waals surface area contributed by atoms with Crippen LogP contribution in [0.15, 0.2) is 47.4 Å². The molecule has 0 saturated heterocycles. The van der Waals surface area contributed by atoms with Crippen LogP contribution in [0.1, 0.15) is 39.5 Å². The van der Waals surface area contributed by atoms with Crippen molar-refractivity contribution in [3.8, 4) is 11.1 Å². The van der Waals surface area contributed by atoms with Gasteiger partial charge in [0.25, 0.3) is 0 Å². The molecular weight excluding hydrogens is 424 g/mol. The quantitative estimate of drug-likeness (QED) is 0.686. The zero-order valence-corrected chi connectivity index (χ0v) is 19.3. The molecule has 0 bridgehead atoms. The van der Waals surface area contributed by atoms with E-state index >= 15 is 0 Å². The van der Waals surface area contributed by atoms with Gasteiger partial charge in [-0.15, -0.1) is 0 Å². The van der Waals surface area contributed by atoms with Gasteiger partial charge in [0.15, 0.2) is 9.84 Å². The van der Waals surface area contributed by atoms with Crippen LogP contribution in [0, 0.1) is 11.8 Å². The van der Waals surface area contributed by atoms with E-state index in [9.17, 15) is 18.0 Å². The second-order valence-electron chi connectivity index (χ2n) is 9.41. The van der Waals surface area contributed by atoms with Crippen LogP contribution in [0.25, 0.3) is 11.1 Å². The van der Waals surface area contributed by atoms with E-state index in [1.807, 2.05) is 42.2 Å². The van der Waals surface area contributed by atoms with Gasteiger partial charge in [-0.25, -0.2) is 8.42 Å². The van der Waals surface area contributed by atoms with Crippen LogP contribution in [0.5, 0.6) is 0 Å². The lowest BCUT2D eigenvalue weighted by atomic mass is 10.00. The zero-order valence-electron chi connectivity index (χ0n) is 18.5. The van der Waals surface area contributed by atoms with Crippen molar-refractivity contribution >= 4 is 33.0 Å². The number of fused-ring (bicyclic) bond motifs is 1. The van der Waals surface area contributed by atoms with Crippen molar-refractivity contribution in [2.24, 2.45) is 11.8 Å². The molecule has 6 nitrogen and oxygen atoms in total. The Balaban J connectivity index is 1.50. The van der Waals surface area contributed by atoms with Crippen LogP contribution in [0.4, 0.5) is 11.4 Å². The largest absolute Gasteiger partial charge is 0.308 e. The molecule has 3 aliphatic rings. The molecule has 1 heterocycles. The van der Waals surface area contributed by atoms with Crippen LogP contribution in [-0.4, -0.2) is 38.6 Å². The first-order chi connectivity index (χ1) is 15.2. The number of hydrogen-bond acceptors (Lipinski definition) is 4. The number of amides is 2. The number of sulfone groups is 1. The van der Waals surface area contributed by atoms with Crippen molar-refractivity contribution in [1.29, 1.82) is 0 Å². The number of carbonyl (C=O) groups excluding carboxylic acids is 2. The Morgan fingerprint density at radius 1 is 0.938 bits per heavy atom. The first-order valence-corrected chi connectivity index (χ1v) is 13.0. The zero-order chi connectivity index (χ0) is 22.6. The summed E-state index contributed by atoms with van der Waals surface area (Å²) in [6.07, 6.45) is 3.84. The van der Waals surface area contributed by atoms with Crippen molar-refractivity contribution in [2.45, 2.75) is 50.5 Å². The first kappa shape index (κ1) is 21.2. The van der Waals surface area contributed by atoms with E-state index < -0.39 is 9.84 Å². The predicted octanol–water partition coefficient (Wildman–Crippen LogP) is 4.04. The van der Waals surface area contributed by atoms with Crippen LogP contribution < -0.4 is 9.80 Å². The second-order valence-corrected chi connectivity index (χ2v) is 11.4. The monoisotopic (exact) mass is 452 g/mol. The van der Waals surface area contributed by atoms with Gasteiger partial charge in [0.05, 0.1) is 28.1 Å². The lowest BCUT2D eigenvalue weighted by Crippen LogP contribution is -2.51. The van der Waals surface area contributed by atoms with E-state index in [-0.39, 0.29) is 29.5 Å². The fourth-order valence-electron chi connectivity index (χ4n) is 4.59. The van der Waals surface area contributed by atoms with Gasteiger partial charge in [0.2, 0.25) is 11.8 Å². The van der Waals surface area contributed by atoms with Gasteiger partial charge in [-0.3, -0.25) is 9.59 Å². The summed E-state index contributed by atoms with van der Waals surface area (Å²) in [5.74, 6) is 0.693. The van der Waals surface area contributed by atoms with Crippen molar-refractivity contribution in [3.63, 3.8) is 0 Å². The minimum absolute atomic E-state index is 0.0461. The topological polar surface area (TPSA) is 74.8 Å². The molecule has 2 amide bonds. The van der Waals surface area contributed by atoms with E-state index in [1.54, 1.807) is 24.0 Å². The summed E-state index contributed by atoms with van der Waals surface area (Å²) < 4.78 is 25.1. The van der Waals surface area contributed by atoms with E-state index in [4.69, 9.17) is 0 Å². The SMILES string of the molecule is CC(=O)N1c2ccc(-c3ccc(S(=O)(=O)CC4CC4)cc3)cc2N(C(=O)C2CC2)C[C@@H]1C. The smallest absolute Gasteiger partial charge is 0.230 e. The molecule has 0 N–H and O–H groups in total. The molecule has 1 aliphatic heterocycles. The molecule has 168 valence electrons. The second kappa shape index (κ2) is 7.73.